The zero-order chi connectivity index (χ0) is 33.0. The van der Waals surface area contributed by atoms with Crippen LogP contribution in [0.5, 0.6) is 0 Å². The van der Waals surface area contributed by atoms with Crippen LogP contribution in [0.4, 0.5) is 4.79 Å². The molecule has 3 heterocycles. The highest BCUT2D eigenvalue weighted by Crippen LogP contribution is 2.41. The van der Waals surface area contributed by atoms with E-state index in [2.05, 4.69) is 10.6 Å². The molecule has 2 N–H and O–H groups in total. The molecule has 0 radical (unpaired) electrons. The largest absolute Gasteiger partial charge is 0.459 e. The van der Waals surface area contributed by atoms with E-state index in [0.29, 0.717) is 4.88 Å². The Hall–Kier alpha value is -4.36. The summed E-state index contributed by atoms with van der Waals surface area (Å²) in [6.45, 7) is 6.36. The first-order valence-corrected chi connectivity index (χ1v) is 16.6. The number of alkyl carbamates (subject to hydrolysis) is 1. The zero-order valence-corrected chi connectivity index (χ0v) is 27.3. The Morgan fingerprint density at radius 2 is 1.57 bits per heavy atom. The van der Waals surface area contributed by atoms with E-state index < -0.39 is 71.2 Å². The van der Waals surface area contributed by atoms with Crippen LogP contribution in [0.2, 0.25) is 0 Å². The van der Waals surface area contributed by atoms with Crippen LogP contribution >= 0.6 is 23.1 Å². The van der Waals surface area contributed by atoms with Crippen molar-refractivity contribution in [2.24, 2.45) is 0 Å². The number of ether oxygens (including phenoxy) is 3. The maximum Gasteiger partial charge on any atom is 0.408 e. The second kappa shape index (κ2) is 14.0. The maximum atomic E-state index is 13.9. The fraction of sp³-hybridized carbons (Fsp3) is 0.364. The quantitative estimate of drug-likeness (QED) is 0.194. The number of hydrogen-bond acceptors (Lipinski definition) is 10. The molecule has 2 aliphatic heterocycles. The first kappa shape index (κ1) is 33.0. The van der Waals surface area contributed by atoms with E-state index >= 15 is 0 Å². The van der Waals surface area contributed by atoms with Gasteiger partial charge in [-0.3, -0.25) is 14.4 Å². The van der Waals surface area contributed by atoms with Gasteiger partial charge in [0, 0.05) is 17.6 Å². The number of nitrogens with zero attached hydrogens (tertiary/aromatic N) is 1. The summed E-state index contributed by atoms with van der Waals surface area (Å²) in [5.74, 6) is -2.31. The van der Waals surface area contributed by atoms with Crippen LogP contribution in [-0.4, -0.2) is 69.7 Å². The summed E-state index contributed by atoms with van der Waals surface area (Å²) in [5.41, 5.74) is 0.668. The van der Waals surface area contributed by atoms with Crippen LogP contribution in [0.25, 0.3) is 0 Å². The average Bonchev–Trinajstić information content (AvgIpc) is 3.55. The summed E-state index contributed by atoms with van der Waals surface area (Å²) < 4.78 is 16.9. The van der Waals surface area contributed by atoms with E-state index in [1.165, 1.54) is 34.9 Å². The smallest absolute Gasteiger partial charge is 0.408 e. The summed E-state index contributed by atoms with van der Waals surface area (Å²) in [5, 5.41) is 6.48. The van der Waals surface area contributed by atoms with Crippen molar-refractivity contribution in [2.75, 3.05) is 5.75 Å². The standard InChI is InChI=1S/C33H35N3O8S2/c1-19(37)42-22-18-46-30-25(34-28(38)24(23-16-11-17-45-23)35-32(41)44-33(2,3)4)29(39)36(30)26(22)31(40)43-27(20-12-7-5-8-13-20)21-14-9-6-10-15-21/h5-17,22,24-27,30H,18H2,1-4H3,(H,34,38)(H,35,41)/t22?,24?,25-,26-,30+/m1/s1. The Bertz CT molecular complexity index is 1520. The van der Waals surface area contributed by atoms with Crippen molar-refractivity contribution in [1.29, 1.82) is 0 Å². The third-order valence-electron chi connectivity index (χ3n) is 7.21. The van der Waals surface area contributed by atoms with Crippen LogP contribution < -0.4 is 10.6 Å². The molecule has 3 aromatic rings. The molecular formula is C33H35N3O8S2. The lowest BCUT2D eigenvalue weighted by atomic mass is 9.98. The Balaban J connectivity index is 1.36. The van der Waals surface area contributed by atoms with Gasteiger partial charge in [0.15, 0.2) is 12.1 Å². The van der Waals surface area contributed by atoms with Crippen molar-refractivity contribution in [3.8, 4) is 0 Å². The molecule has 0 bridgehead atoms. The van der Waals surface area contributed by atoms with E-state index in [1.807, 2.05) is 60.7 Å². The average molecular weight is 666 g/mol. The van der Waals surface area contributed by atoms with Gasteiger partial charge >= 0.3 is 18.0 Å². The van der Waals surface area contributed by atoms with E-state index in [9.17, 15) is 24.0 Å². The molecule has 2 fully saturated rings. The van der Waals surface area contributed by atoms with Gasteiger partial charge in [0.1, 0.15) is 29.2 Å². The Labute approximate surface area is 275 Å². The van der Waals surface area contributed by atoms with Crippen molar-refractivity contribution in [1.82, 2.24) is 15.5 Å². The molecule has 13 heteroatoms. The first-order chi connectivity index (χ1) is 21.9. The third kappa shape index (κ3) is 7.53. The summed E-state index contributed by atoms with van der Waals surface area (Å²) in [7, 11) is 0. The molecular weight excluding hydrogens is 631 g/mol. The number of nitrogens with one attached hydrogen (secondary N) is 2. The number of β-lactam (4-membered cyclic amide) rings is 1. The first-order valence-electron chi connectivity index (χ1n) is 14.7. The molecule has 11 nitrogen and oxygen atoms in total. The monoisotopic (exact) mass is 665 g/mol. The number of thiophene rings is 1. The fourth-order valence-electron chi connectivity index (χ4n) is 5.29. The Morgan fingerprint density at radius 3 is 2.11 bits per heavy atom. The van der Waals surface area contributed by atoms with Crippen molar-refractivity contribution in [2.45, 2.75) is 69.0 Å². The maximum absolute atomic E-state index is 13.9. The number of rotatable bonds is 9. The lowest BCUT2D eigenvalue weighted by Crippen LogP contribution is -2.77. The number of fused-ring (bicyclic) bond motifs is 1. The molecule has 5 rings (SSSR count). The summed E-state index contributed by atoms with van der Waals surface area (Å²) in [6.07, 6.45) is -2.53. The highest BCUT2D eigenvalue weighted by atomic mass is 32.2. The van der Waals surface area contributed by atoms with Gasteiger partial charge in [-0.15, -0.1) is 23.1 Å². The molecule has 3 amide bonds. The summed E-state index contributed by atoms with van der Waals surface area (Å²) in [4.78, 5) is 67.6. The molecule has 2 saturated heterocycles. The van der Waals surface area contributed by atoms with Crippen molar-refractivity contribution in [3.05, 3.63) is 94.2 Å². The second-order valence-corrected chi connectivity index (χ2v) is 13.9. The number of esters is 2. The van der Waals surface area contributed by atoms with Gasteiger partial charge in [-0.1, -0.05) is 66.7 Å². The molecule has 242 valence electrons. The Morgan fingerprint density at radius 1 is 0.935 bits per heavy atom. The molecule has 2 aliphatic rings. The fourth-order valence-corrected chi connectivity index (χ4v) is 7.47. The van der Waals surface area contributed by atoms with Crippen molar-refractivity contribution < 1.29 is 38.2 Å². The van der Waals surface area contributed by atoms with Crippen LogP contribution in [-0.2, 0) is 33.4 Å². The topological polar surface area (TPSA) is 140 Å². The Kier molecular flexibility index (Phi) is 10.0. The lowest BCUT2D eigenvalue weighted by molar-refractivity contribution is -0.178. The van der Waals surface area contributed by atoms with Crippen LogP contribution in [0.15, 0.2) is 78.2 Å². The highest BCUT2D eigenvalue weighted by molar-refractivity contribution is 8.00. The number of hydrogen-bond donors (Lipinski definition) is 2. The van der Waals surface area contributed by atoms with Gasteiger partial charge < -0.3 is 29.7 Å². The predicted octanol–water partition coefficient (Wildman–Crippen LogP) is 4.35. The van der Waals surface area contributed by atoms with E-state index in [1.54, 1.807) is 38.3 Å². The second-order valence-electron chi connectivity index (χ2n) is 11.8. The number of benzene rings is 2. The number of carbonyl (C=O) groups excluding carboxylic acids is 5. The van der Waals surface area contributed by atoms with Gasteiger partial charge in [0.05, 0.1) is 0 Å². The van der Waals surface area contributed by atoms with Gasteiger partial charge in [-0.05, 0) is 43.3 Å². The zero-order valence-electron chi connectivity index (χ0n) is 25.7. The molecule has 0 saturated carbocycles. The van der Waals surface area contributed by atoms with E-state index in [-0.39, 0.29) is 5.75 Å². The van der Waals surface area contributed by atoms with Gasteiger partial charge in [-0.2, -0.15) is 0 Å². The molecule has 1 aromatic heterocycles. The van der Waals surface area contributed by atoms with E-state index in [0.717, 1.165) is 11.1 Å². The SMILES string of the molecule is CC(=O)OC1CS[C@H]2[C@H](NC(=O)C(NC(=O)OC(C)(C)C)c3cccs3)C(=O)N2[C@H]1C(=O)OC(c1ccccc1)c1ccccc1. The normalized spacial score (nSPS) is 21.3. The van der Waals surface area contributed by atoms with Gasteiger partial charge in [0.25, 0.3) is 0 Å². The third-order valence-corrected chi connectivity index (χ3v) is 9.51. The van der Waals surface area contributed by atoms with Crippen LogP contribution in [0.1, 0.15) is 55.8 Å². The lowest BCUT2D eigenvalue weighted by Gasteiger charge is -2.54. The number of amides is 3. The molecule has 2 aromatic carbocycles. The van der Waals surface area contributed by atoms with E-state index in [4.69, 9.17) is 14.2 Å². The van der Waals surface area contributed by atoms with Crippen LogP contribution in [0.3, 0.4) is 0 Å². The molecule has 46 heavy (non-hydrogen) atoms. The number of carbonyl (C=O) groups is 5. The van der Waals surface area contributed by atoms with Crippen molar-refractivity contribution >= 4 is 52.9 Å². The molecule has 2 unspecified atom stereocenters. The van der Waals surface area contributed by atoms with Crippen LogP contribution in [0, 0.1) is 0 Å². The summed E-state index contributed by atoms with van der Waals surface area (Å²) in [6, 6.07) is 18.5. The number of thioether (sulfide) groups is 1. The van der Waals surface area contributed by atoms with Gasteiger partial charge in [0.2, 0.25) is 11.8 Å². The molecule has 0 spiro atoms. The molecule has 0 aliphatic carbocycles. The predicted molar refractivity (Wildman–Crippen MR) is 172 cm³/mol. The summed E-state index contributed by atoms with van der Waals surface area (Å²) >= 11 is 2.54. The van der Waals surface area contributed by atoms with Gasteiger partial charge in [-0.25, -0.2) is 9.59 Å². The molecule has 5 atom stereocenters. The minimum absolute atomic E-state index is 0.187. The van der Waals surface area contributed by atoms with Crippen molar-refractivity contribution in [3.63, 3.8) is 0 Å². The highest BCUT2D eigenvalue weighted by Gasteiger charge is 2.59. The minimum Gasteiger partial charge on any atom is -0.459 e. The minimum atomic E-state index is -1.24.